The van der Waals surface area contributed by atoms with E-state index >= 15 is 0 Å². The molecule has 1 amide bonds. The molecule has 1 aliphatic heterocycles. The second kappa shape index (κ2) is 12.3. The van der Waals surface area contributed by atoms with E-state index in [4.69, 9.17) is 4.99 Å². The molecule has 2 fully saturated rings. The van der Waals surface area contributed by atoms with Crippen molar-refractivity contribution < 1.29 is 4.79 Å². The first-order chi connectivity index (χ1) is 15.2. The maximum Gasteiger partial charge on any atom is 0.251 e. The Kier molecular flexibility index (Phi) is 9.53. The van der Waals surface area contributed by atoms with Gasteiger partial charge in [-0.05, 0) is 43.9 Å². The van der Waals surface area contributed by atoms with Crippen LogP contribution >= 0.6 is 11.8 Å². The smallest absolute Gasteiger partial charge is 0.251 e. The predicted molar refractivity (Wildman–Crippen MR) is 132 cm³/mol. The second-order valence-corrected chi connectivity index (χ2v) is 9.76. The van der Waals surface area contributed by atoms with E-state index in [0.717, 1.165) is 37.6 Å². The molecule has 0 aromatic heterocycles. The highest BCUT2D eigenvalue weighted by Gasteiger charge is 2.38. The van der Waals surface area contributed by atoms with E-state index in [1.807, 2.05) is 18.2 Å². The quantitative estimate of drug-likeness (QED) is 0.424. The van der Waals surface area contributed by atoms with Crippen molar-refractivity contribution in [2.75, 3.05) is 51.3 Å². The molecule has 172 valence electrons. The van der Waals surface area contributed by atoms with Crippen LogP contribution in [-0.4, -0.2) is 73.6 Å². The minimum atomic E-state index is -0.0430. The average Bonchev–Trinajstić information content (AvgIpc) is 2.83. The van der Waals surface area contributed by atoms with Gasteiger partial charge in [0.15, 0.2) is 5.96 Å². The highest BCUT2D eigenvalue weighted by atomic mass is 32.2. The van der Waals surface area contributed by atoms with Crippen molar-refractivity contribution >= 4 is 23.6 Å². The molecule has 0 unspecified atom stereocenters. The third-order valence-electron chi connectivity index (χ3n) is 6.46. The number of hydrogen-bond donors (Lipinski definition) is 3. The van der Waals surface area contributed by atoms with Crippen LogP contribution < -0.4 is 16.0 Å². The van der Waals surface area contributed by atoms with E-state index in [-0.39, 0.29) is 11.4 Å². The lowest BCUT2D eigenvalue weighted by atomic mass is 9.80. The van der Waals surface area contributed by atoms with E-state index in [1.54, 1.807) is 7.05 Å². The summed E-state index contributed by atoms with van der Waals surface area (Å²) in [4.78, 5) is 19.7. The fourth-order valence-corrected chi connectivity index (χ4v) is 5.63. The van der Waals surface area contributed by atoms with E-state index in [2.05, 4.69) is 45.6 Å². The monoisotopic (exact) mass is 445 g/mol. The predicted octanol–water partition coefficient (Wildman–Crippen LogP) is 2.90. The molecule has 1 aromatic rings. The summed E-state index contributed by atoms with van der Waals surface area (Å²) in [6, 6.07) is 7.84. The molecule has 31 heavy (non-hydrogen) atoms. The number of benzene rings is 1. The van der Waals surface area contributed by atoms with Gasteiger partial charge in [0.25, 0.3) is 5.91 Å². The number of carbonyl (C=O) groups is 1. The SMILES string of the molecule is CCNC(=NCC1(N2CCSCC2)CCCCC1)NCCc1cccc(C(=O)NC)c1. The fourth-order valence-electron chi connectivity index (χ4n) is 4.73. The van der Waals surface area contributed by atoms with Gasteiger partial charge in [0, 0.05) is 55.8 Å². The van der Waals surface area contributed by atoms with Crippen molar-refractivity contribution in [3.8, 4) is 0 Å². The van der Waals surface area contributed by atoms with Crippen molar-refractivity contribution in [2.45, 2.75) is 51.0 Å². The molecular weight excluding hydrogens is 406 g/mol. The number of aliphatic imine (C=N–C) groups is 1. The van der Waals surface area contributed by atoms with Crippen molar-refractivity contribution in [1.29, 1.82) is 0 Å². The zero-order chi connectivity index (χ0) is 21.9. The Bertz CT molecular complexity index is 726. The Hall–Kier alpha value is -1.73. The minimum absolute atomic E-state index is 0.0430. The van der Waals surface area contributed by atoms with Crippen LogP contribution in [0.25, 0.3) is 0 Å². The average molecular weight is 446 g/mol. The van der Waals surface area contributed by atoms with Gasteiger partial charge in [-0.25, -0.2) is 0 Å². The van der Waals surface area contributed by atoms with Crippen LogP contribution in [0.15, 0.2) is 29.3 Å². The number of carbonyl (C=O) groups excluding carboxylic acids is 1. The van der Waals surface area contributed by atoms with Gasteiger partial charge in [-0.1, -0.05) is 31.4 Å². The van der Waals surface area contributed by atoms with Crippen LogP contribution in [0.4, 0.5) is 0 Å². The standard InChI is InChI=1S/C24H39N5OS/c1-3-26-23(27-13-10-20-8-7-9-21(18-20)22(30)25-2)28-19-24(11-5-4-6-12-24)29-14-16-31-17-15-29/h7-9,18H,3-6,10-17,19H2,1-2H3,(H,25,30)(H2,26,27,28). The number of nitrogens with zero attached hydrogens (tertiary/aromatic N) is 2. The normalized spacial score (nSPS) is 19.6. The van der Waals surface area contributed by atoms with Crippen LogP contribution in [0.2, 0.25) is 0 Å². The molecule has 1 saturated heterocycles. The molecule has 1 aromatic carbocycles. The second-order valence-electron chi connectivity index (χ2n) is 8.54. The van der Waals surface area contributed by atoms with E-state index < -0.39 is 0 Å². The number of hydrogen-bond acceptors (Lipinski definition) is 4. The molecule has 1 saturated carbocycles. The first-order valence-electron chi connectivity index (χ1n) is 11.8. The number of nitrogens with one attached hydrogen (secondary N) is 3. The largest absolute Gasteiger partial charge is 0.357 e. The molecule has 1 heterocycles. The Labute approximate surface area is 192 Å². The molecular formula is C24H39N5OS. The first kappa shape index (κ1) is 23.9. The van der Waals surface area contributed by atoms with E-state index in [0.29, 0.717) is 5.56 Å². The Morgan fingerprint density at radius 3 is 2.65 bits per heavy atom. The lowest BCUT2D eigenvalue weighted by Crippen LogP contribution is -2.55. The van der Waals surface area contributed by atoms with Gasteiger partial charge in [-0.3, -0.25) is 14.7 Å². The summed E-state index contributed by atoms with van der Waals surface area (Å²) in [5.74, 6) is 3.36. The van der Waals surface area contributed by atoms with Crippen molar-refractivity contribution in [2.24, 2.45) is 4.99 Å². The lowest BCUT2D eigenvalue weighted by Gasteiger charge is -2.47. The molecule has 7 heteroatoms. The molecule has 6 nitrogen and oxygen atoms in total. The molecule has 0 radical (unpaired) electrons. The molecule has 3 rings (SSSR count). The van der Waals surface area contributed by atoms with Gasteiger partial charge in [0.1, 0.15) is 0 Å². The summed E-state index contributed by atoms with van der Waals surface area (Å²) in [7, 11) is 1.66. The van der Waals surface area contributed by atoms with Gasteiger partial charge >= 0.3 is 0 Å². The van der Waals surface area contributed by atoms with Crippen molar-refractivity contribution in [3.05, 3.63) is 35.4 Å². The maximum absolute atomic E-state index is 11.9. The number of amides is 1. The topological polar surface area (TPSA) is 68.8 Å². The van der Waals surface area contributed by atoms with Crippen LogP contribution in [-0.2, 0) is 6.42 Å². The summed E-state index contributed by atoms with van der Waals surface area (Å²) >= 11 is 2.08. The van der Waals surface area contributed by atoms with Crippen LogP contribution in [0.1, 0.15) is 54.9 Å². The third kappa shape index (κ3) is 6.88. The van der Waals surface area contributed by atoms with Crippen LogP contribution in [0, 0.1) is 0 Å². The Morgan fingerprint density at radius 2 is 1.94 bits per heavy atom. The van der Waals surface area contributed by atoms with Gasteiger partial charge in [0.05, 0.1) is 6.54 Å². The summed E-state index contributed by atoms with van der Waals surface area (Å²) in [5, 5.41) is 9.62. The zero-order valence-corrected chi connectivity index (χ0v) is 20.0. The highest BCUT2D eigenvalue weighted by molar-refractivity contribution is 7.99. The summed E-state index contributed by atoms with van der Waals surface area (Å²) in [6.45, 7) is 7.03. The molecule has 0 atom stereocenters. The maximum atomic E-state index is 11.9. The first-order valence-corrected chi connectivity index (χ1v) is 13.0. The summed E-state index contributed by atoms with van der Waals surface area (Å²) < 4.78 is 0. The van der Waals surface area contributed by atoms with Gasteiger partial charge < -0.3 is 16.0 Å². The Morgan fingerprint density at radius 1 is 1.16 bits per heavy atom. The molecule has 3 N–H and O–H groups in total. The number of rotatable bonds is 8. The van der Waals surface area contributed by atoms with Gasteiger partial charge in [-0.15, -0.1) is 0 Å². The minimum Gasteiger partial charge on any atom is -0.357 e. The van der Waals surface area contributed by atoms with Gasteiger partial charge in [0.2, 0.25) is 0 Å². The molecule has 2 aliphatic rings. The summed E-state index contributed by atoms with van der Waals surface area (Å²) in [5.41, 5.74) is 2.10. The van der Waals surface area contributed by atoms with E-state index in [9.17, 15) is 4.79 Å². The Balaban J connectivity index is 1.60. The van der Waals surface area contributed by atoms with Crippen molar-refractivity contribution in [1.82, 2.24) is 20.9 Å². The molecule has 0 spiro atoms. The fraction of sp³-hybridized carbons (Fsp3) is 0.667. The third-order valence-corrected chi connectivity index (χ3v) is 7.41. The number of thioether (sulfide) groups is 1. The summed E-state index contributed by atoms with van der Waals surface area (Å²) in [6.07, 6.45) is 7.40. The molecule has 0 bridgehead atoms. The van der Waals surface area contributed by atoms with Crippen LogP contribution in [0.5, 0.6) is 0 Å². The van der Waals surface area contributed by atoms with Crippen molar-refractivity contribution in [3.63, 3.8) is 0 Å². The zero-order valence-electron chi connectivity index (χ0n) is 19.2. The lowest BCUT2D eigenvalue weighted by molar-refractivity contribution is 0.0672. The van der Waals surface area contributed by atoms with Gasteiger partial charge in [-0.2, -0.15) is 11.8 Å². The number of guanidine groups is 1. The van der Waals surface area contributed by atoms with E-state index in [1.165, 1.54) is 56.7 Å². The highest BCUT2D eigenvalue weighted by Crippen LogP contribution is 2.35. The molecule has 1 aliphatic carbocycles. The van der Waals surface area contributed by atoms with Crippen LogP contribution in [0.3, 0.4) is 0 Å².